The third-order valence-electron chi connectivity index (χ3n) is 2.58. The summed E-state index contributed by atoms with van der Waals surface area (Å²) in [5.74, 6) is 0. The average Bonchev–Trinajstić information content (AvgIpc) is 2.58. The van der Waals surface area contributed by atoms with E-state index in [-0.39, 0.29) is 18.1 Å². The highest BCUT2D eigenvalue weighted by molar-refractivity contribution is 8.14. The van der Waals surface area contributed by atoms with Crippen molar-refractivity contribution in [2.75, 3.05) is 13.2 Å². The predicted molar refractivity (Wildman–Crippen MR) is 58.9 cm³/mol. The summed E-state index contributed by atoms with van der Waals surface area (Å²) in [4.78, 5) is 4.27. The highest BCUT2D eigenvalue weighted by Gasteiger charge is 2.42. The van der Waals surface area contributed by atoms with Gasteiger partial charge in [0.05, 0.1) is 18.8 Å². The Morgan fingerprint density at radius 1 is 1.67 bits per heavy atom. The van der Waals surface area contributed by atoms with Gasteiger partial charge in [0, 0.05) is 6.54 Å². The Bertz CT molecular complexity index is 262. The van der Waals surface area contributed by atoms with Crippen molar-refractivity contribution < 1.29 is 14.9 Å². The average molecular weight is 232 g/mol. The molecule has 86 valence electrons. The van der Waals surface area contributed by atoms with E-state index in [0.29, 0.717) is 6.42 Å². The van der Waals surface area contributed by atoms with Gasteiger partial charge >= 0.3 is 0 Å². The molecule has 0 saturated carbocycles. The van der Waals surface area contributed by atoms with Gasteiger partial charge in [0.15, 0.2) is 5.17 Å². The van der Waals surface area contributed by atoms with Gasteiger partial charge in [-0.3, -0.25) is 4.99 Å². The molecular formula is C9H16N2O3S. The Morgan fingerprint density at radius 3 is 3.13 bits per heavy atom. The minimum Gasteiger partial charge on any atom is -0.394 e. The van der Waals surface area contributed by atoms with Crippen LogP contribution >= 0.6 is 11.8 Å². The number of amidine groups is 1. The molecule has 2 rings (SSSR count). The highest BCUT2D eigenvalue weighted by Crippen LogP contribution is 2.33. The maximum atomic E-state index is 9.66. The fourth-order valence-corrected chi connectivity index (χ4v) is 3.00. The number of rotatable bonds is 2. The van der Waals surface area contributed by atoms with Crippen molar-refractivity contribution in [1.82, 2.24) is 5.32 Å². The van der Waals surface area contributed by atoms with Gasteiger partial charge in [-0.25, -0.2) is 0 Å². The fourth-order valence-electron chi connectivity index (χ4n) is 1.81. The number of thioether (sulfide) groups is 1. The number of hydrogen-bond acceptors (Lipinski definition) is 5. The van der Waals surface area contributed by atoms with Gasteiger partial charge in [-0.05, 0) is 13.3 Å². The standard InChI is InChI=1S/C9H16N2O3S/c1-2-10-9-11-5-3-6(13)7(4-12)14-8(5)15-9/h5-8,12-13H,2-4H2,1H3,(H,10,11). The Hall–Kier alpha value is -0.300. The van der Waals surface area contributed by atoms with Gasteiger partial charge in [-0.15, -0.1) is 0 Å². The number of aliphatic hydroxyl groups excluding tert-OH is 2. The summed E-state index contributed by atoms with van der Waals surface area (Å²) in [5, 5.41) is 22.8. The zero-order valence-corrected chi connectivity index (χ0v) is 9.41. The summed E-state index contributed by atoms with van der Waals surface area (Å²) in [6, 6.07) is 0.109. The zero-order valence-electron chi connectivity index (χ0n) is 8.59. The molecule has 4 unspecified atom stereocenters. The number of nitrogens with one attached hydrogen (secondary N) is 1. The van der Waals surface area contributed by atoms with Crippen molar-refractivity contribution in [3.05, 3.63) is 0 Å². The first-order valence-electron chi connectivity index (χ1n) is 5.16. The lowest BCUT2D eigenvalue weighted by molar-refractivity contribution is -0.114. The summed E-state index contributed by atoms with van der Waals surface area (Å²) < 4.78 is 5.57. The molecule has 0 aliphatic carbocycles. The molecule has 2 aliphatic heterocycles. The Kier molecular flexibility index (Phi) is 3.50. The van der Waals surface area contributed by atoms with E-state index in [4.69, 9.17) is 9.84 Å². The lowest BCUT2D eigenvalue weighted by Gasteiger charge is -2.33. The molecular weight excluding hydrogens is 216 g/mol. The minimum absolute atomic E-state index is 0.0316. The van der Waals surface area contributed by atoms with E-state index in [0.717, 1.165) is 11.7 Å². The van der Waals surface area contributed by atoms with Crippen molar-refractivity contribution in [3.8, 4) is 0 Å². The molecule has 0 aromatic carbocycles. The van der Waals surface area contributed by atoms with Crippen LogP contribution in [0.25, 0.3) is 0 Å². The number of ether oxygens (including phenoxy) is 1. The predicted octanol–water partition coefficient (Wildman–Crippen LogP) is -0.464. The molecule has 4 atom stereocenters. The minimum atomic E-state index is -0.592. The Balaban J connectivity index is 2.00. The second-order valence-electron chi connectivity index (χ2n) is 3.68. The van der Waals surface area contributed by atoms with Crippen LogP contribution in [-0.4, -0.2) is 52.2 Å². The summed E-state index contributed by atoms with van der Waals surface area (Å²) in [6.07, 6.45) is -0.446. The van der Waals surface area contributed by atoms with Crippen LogP contribution in [0.4, 0.5) is 0 Å². The largest absolute Gasteiger partial charge is 0.394 e. The van der Waals surface area contributed by atoms with E-state index < -0.39 is 12.2 Å². The van der Waals surface area contributed by atoms with Crippen LogP contribution in [-0.2, 0) is 4.74 Å². The molecule has 0 aromatic rings. The van der Waals surface area contributed by atoms with Gasteiger partial charge in [0.2, 0.25) is 0 Å². The number of nitrogens with zero attached hydrogens (tertiary/aromatic N) is 1. The lowest BCUT2D eigenvalue weighted by Crippen LogP contribution is -2.49. The first-order chi connectivity index (χ1) is 7.24. The molecule has 15 heavy (non-hydrogen) atoms. The van der Waals surface area contributed by atoms with E-state index in [1.807, 2.05) is 6.92 Å². The van der Waals surface area contributed by atoms with Gasteiger partial charge in [-0.1, -0.05) is 11.8 Å². The highest BCUT2D eigenvalue weighted by atomic mass is 32.2. The number of fused-ring (bicyclic) bond motifs is 1. The van der Waals surface area contributed by atoms with Crippen LogP contribution in [0.2, 0.25) is 0 Å². The van der Waals surface area contributed by atoms with E-state index in [1.54, 1.807) is 0 Å². The van der Waals surface area contributed by atoms with E-state index in [2.05, 4.69) is 10.3 Å². The van der Waals surface area contributed by atoms with Crippen LogP contribution in [0.15, 0.2) is 4.99 Å². The maximum absolute atomic E-state index is 9.66. The van der Waals surface area contributed by atoms with Crippen molar-refractivity contribution in [3.63, 3.8) is 0 Å². The summed E-state index contributed by atoms with van der Waals surface area (Å²) in [5.41, 5.74) is -0.0316. The molecule has 2 fully saturated rings. The SMILES string of the molecule is CCN=C1NC2CC(O)C(CO)OC2S1. The van der Waals surface area contributed by atoms with Crippen molar-refractivity contribution in [2.24, 2.45) is 4.99 Å². The summed E-state index contributed by atoms with van der Waals surface area (Å²) in [6.45, 7) is 2.58. The smallest absolute Gasteiger partial charge is 0.159 e. The van der Waals surface area contributed by atoms with Gasteiger partial charge in [0.25, 0.3) is 0 Å². The van der Waals surface area contributed by atoms with E-state index in [9.17, 15) is 5.11 Å². The molecule has 0 radical (unpaired) electrons. The first kappa shape index (κ1) is 11.2. The van der Waals surface area contributed by atoms with Gasteiger partial charge in [-0.2, -0.15) is 0 Å². The second-order valence-corrected chi connectivity index (χ2v) is 4.76. The Labute approximate surface area is 92.9 Å². The topological polar surface area (TPSA) is 74.1 Å². The third-order valence-corrected chi connectivity index (χ3v) is 3.72. The zero-order chi connectivity index (χ0) is 10.8. The van der Waals surface area contributed by atoms with Crippen molar-refractivity contribution in [1.29, 1.82) is 0 Å². The monoisotopic (exact) mass is 232 g/mol. The van der Waals surface area contributed by atoms with E-state index in [1.165, 1.54) is 11.8 Å². The number of hydrogen-bond donors (Lipinski definition) is 3. The molecule has 0 amide bonds. The normalized spacial score (nSPS) is 42.7. The van der Waals surface area contributed by atoms with Crippen LogP contribution in [0.3, 0.4) is 0 Å². The van der Waals surface area contributed by atoms with Crippen LogP contribution < -0.4 is 5.32 Å². The molecule has 0 spiro atoms. The maximum Gasteiger partial charge on any atom is 0.159 e. The quantitative estimate of drug-likeness (QED) is 0.600. The summed E-state index contributed by atoms with van der Waals surface area (Å²) >= 11 is 1.53. The molecule has 2 saturated heterocycles. The van der Waals surface area contributed by atoms with Crippen molar-refractivity contribution in [2.45, 2.75) is 37.0 Å². The molecule has 6 heteroatoms. The van der Waals surface area contributed by atoms with Crippen LogP contribution in [0, 0.1) is 0 Å². The first-order valence-corrected chi connectivity index (χ1v) is 6.04. The molecule has 0 bridgehead atoms. The molecule has 5 nitrogen and oxygen atoms in total. The number of aliphatic hydroxyl groups is 2. The van der Waals surface area contributed by atoms with Gasteiger partial charge < -0.3 is 20.3 Å². The molecule has 0 aromatic heterocycles. The molecule has 2 heterocycles. The third kappa shape index (κ3) is 2.28. The number of aliphatic imine (C=N–C) groups is 1. The molecule has 2 aliphatic rings. The van der Waals surface area contributed by atoms with Crippen LogP contribution in [0.1, 0.15) is 13.3 Å². The second kappa shape index (κ2) is 4.69. The summed E-state index contributed by atoms with van der Waals surface area (Å²) in [7, 11) is 0. The van der Waals surface area contributed by atoms with Gasteiger partial charge in [0.1, 0.15) is 11.5 Å². The molecule has 3 N–H and O–H groups in total. The van der Waals surface area contributed by atoms with E-state index >= 15 is 0 Å². The van der Waals surface area contributed by atoms with Crippen LogP contribution in [0.5, 0.6) is 0 Å². The fraction of sp³-hybridized carbons (Fsp3) is 0.889. The van der Waals surface area contributed by atoms with Crippen molar-refractivity contribution >= 4 is 16.9 Å². The Morgan fingerprint density at radius 2 is 2.47 bits per heavy atom. The lowest BCUT2D eigenvalue weighted by atomic mass is 10.0.